The Labute approximate surface area is 112 Å². The molecule has 1 amide bonds. The van der Waals surface area contributed by atoms with E-state index >= 15 is 0 Å². The number of nitrogens with zero attached hydrogens (tertiary/aromatic N) is 2. The molecule has 0 spiro atoms. The highest BCUT2D eigenvalue weighted by Crippen LogP contribution is 2.16. The van der Waals surface area contributed by atoms with E-state index in [2.05, 4.69) is 10.6 Å². The van der Waals surface area contributed by atoms with Crippen LogP contribution >= 0.6 is 0 Å². The molecule has 0 bridgehead atoms. The molecule has 1 aromatic rings. The summed E-state index contributed by atoms with van der Waals surface area (Å²) in [7, 11) is 0. The highest BCUT2D eigenvalue weighted by atomic mass is 16.1. The molecule has 1 aromatic carbocycles. The number of carbonyl (C=O) groups excluding carboxylic acids is 1. The van der Waals surface area contributed by atoms with Gasteiger partial charge < -0.3 is 10.6 Å². The van der Waals surface area contributed by atoms with E-state index in [4.69, 9.17) is 10.5 Å². The van der Waals surface area contributed by atoms with Crippen LogP contribution in [0.2, 0.25) is 0 Å². The van der Waals surface area contributed by atoms with E-state index in [-0.39, 0.29) is 11.5 Å². The van der Waals surface area contributed by atoms with E-state index < -0.39 is 0 Å². The average Bonchev–Trinajstić information content (AvgIpc) is 2.41. The first-order chi connectivity index (χ1) is 9.12. The van der Waals surface area contributed by atoms with Gasteiger partial charge in [0.1, 0.15) is 17.7 Å². The summed E-state index contributed by atoms with van der Waals surface area (Å²) < 4.78 is 0. The van der Waals surface area contributed by atoms with Gasteiger partial charge in [0.2, 0.25) is 0 Å². The number of rotatable bonds is 4. The lowest BCUT2D eigenvalue weighted by molar-refractivity contribution is 0.0956. The predicted octanol–water partition coefficient (Wildman–Crippen LogP) is 2.09. The molecule has 0 aliphatic heterocycles. The standard InChI is InChI=1S/C14H14N4O/c1-3-17-14(19)12-4-5-13(10(2)6-12)18-9-11(7-15)8-16/h4-6,9,18H,3H2,1-2H3,(H,17,19). The van der Waals surface area contributed by atoms with E-state index in [1.54, 1.807) is 30.3 Å². The van der Waals surface area contributed by atoms with Gasteiger partial charge in [-0.2, -0.15) is 10.5 Å². The fraction of sp³-hybridized carbons (Fsp3) is 0.214. The second-order valence-corrected chi connectivity index (χ2v) is 3.82. The molecule has 0 unspecified atom stereocenters. The second-order valence-electron chi connectivity index (χ2n) is 3.82. The number of anilines is 1. The zero-order chi connectivity index (χ0) is 14.3. The maximum atomic E-state index is 11.6. The molecular formula is C14H14N4O. The van der Waals surface area contributed by atoms with Crippen molar-refractivity contribution in [3.8, 4) is 12.1 Å². The third kappa shape index (κ3) is 3.86. The van der Waals surface area contributed by atoms with Crippen LogP contribution < -0.4 is 10.6 Å². The number of aryl methyl sites for hydroxylation is 1. The average molecular weight is 254 g/mol. The molecule has 0 aliphatic rings. The van der Waals surface area contributed by atoms with Crippen molar-refractivity contribution in [1.29, 1.82) is 10.5 Å². The van der Waals surface area contributed by atoms with Crippen molar-refractivity contribution < 1.29 is 4.79 Å². The summed E-state index contributed by atoms with van der Waals surface area (Å²) in [6, 6.07) is 8.70. The Morgan fingerprint density at radius 2 is 2.05 bits per heavy atom. The van der Waals surface area contributed by atoms with E-state index in [0.29, 0.717) is 12.1 Å². The molecule has 0 aliphatic carbocycles. The first-order valence-electron chi connectivity index (χ1n) is 5.78. The van der Waals surface area contributed by atoms with E-state index in [0.717, 1.165) is 11.3 Å². The van der Waals surface area contributed by atoms with Crippen molar-refractivity contribution in [3.05, 3.63) is 41.1 Å². The van der Waals surface area contributed by atoms with Gasteiger partial charge in [0.15, 0.2) is 0 Å². The van der Waals surface area contributed by atoms with Gasteiger partial charge in [-0.1, -0.05) is 0 Å². The van der Waals surface area contributed by atoms with Crippen molar-refractivity contribution >= 4 is 11.6 Å². The van der Waals surface area contributed by atoms with Crippen molar-refractivity contribution in [3.63, 3.8) is 0 Å². The topological polar surface area (TPSA) is 88.7 Å². The maximum Gasteiger partial charge on any atom is 0.251 e. The minimum atomic E-state index is -0.123. The molecule has 0 fully saturated rings. The van der Waals surface area contributed by atoms with Crippen LogP contribution in [0, 0.1) is 29.6 Å². The lowest BCUT2D eigenvalue weighted by Crippen LogP contribution is -2.22. The summed E-state index contributed by atoms with van der Waals surface area (Å²) >= 11 is 0. The lowest BCUT2D eigenvalue weighted by atomic mass is 10.1. The van der Waals surface area contributed by atoms with Gasteiger partial charge in [-0.05, 0) is 37.6 Å². The molecule has 2 N–H and O–H groups in total. The Morgan fingerprint density at radius 1 is 1.37 bits per heavy atom. The van der Waals surface area contributed by atoms with Crippen LogP contribution in [-0.2, 0) is 0 Å². The summed E-state index contributed by atoms with van der Waals surface area (Å²) in [5, 5.41) is 22.8. The first-order valence-corrected chi connectivity index (χ1v) is 5.78. The van der Waals surface area contributed by atoms with Crippen molar-refractivity contribution in [2.75, 3.05) is 11.9 Å². The minimum absolute atomic E-state index is 0.00722. The van der Waals surface area contributed by atoms with Crippen LogP contribution in [0.3, 0.4) is 0 Å². The van der Waals surface area contributed by atoms with Gasteiger partial charge in [0.05, 0.1) is 0 Å². The van der Waals surface area contributed by atoms with Crippen molar-refractivity contribution in [1.82, 2.24) is 5.32 Å². The second kappa shape index (κ2) is 6.83. The molecular weight excluding hydrogens is 240 g/mol. The summed E-state index contributed by atoms with van der Waals surface area (Å²) in [4.78, 5) is 11.6. The molecule has 5 nitrogen and oxygen atoms in total. The molecule has 0 aromatic heterocycles. The number of hydrogen-bond donors (Lipinski definition) is 2. The van der Waals surface area contributed by atoms with Crippen molar-refractivity contribution in [2.45, 2.75) is 13.8 Å². The molecule has 0 radical (unpaired) electrons. The number of carbonyl (C=O) groups is 1. The van der Waals surface area contributed by atoms with Crippen LogP contribution in [0.1, 0.15) is 22.8 Å². The van der Waals surface area contributed by atoms with Crippen LogP contribution in [0.4, 0.5) is 5.69 Å². The molecule has 19 heavy (non-hydrogen) atoms. The molecule has 0 saturated carbocycles. The highest BCUT2D eigenvalue weighted by molar-refractivity contribution is 5.94. The van der Waals surface area contributed by atoms with E-state index in [1.807, 2.05) is 13.8 Å². The third-order valence-corrected chi connectivity index (χ3v) is 2.44. The Morgan fingerprint density at radius 3 is 2.58 bits per heavy atom. The van der Waals surface area contributed by atoms with Crippen LogP contribution in [0.25, 0.3) is 0 Å². The van der Waals surface area contributed by atoms with Gasteiger partial charge in [-0.3, -0.25) is 4.79 Å². The van der Waals surface area contributed by atoms with Gasteiger partial charge in [-0.25, -0.2) is 0 Å². The Hall–Kier alpha value is -2.79. The van der Waals surface area contributed by atoms with Gasteiger partial charge >= 0.3 is 0 Å². The zero-order valence-corrected chi connectivity index (χ0v) is 10.8. The fourth-order valence-corrected chi connectivity index (χ4v) is 1.47. The highest BCUT2D eigenvalue weighted by Gasteiger charge is 2.06. The monoisotopic (exact) mass is 254 g/mol. The van der Waals surface area contributed by atoms with Gasteiger partial charge in [-0.15, -0.1) is 0 Å². The van der Waals surface area contributed by atoms with E-state index in [9.17, 15) is 4.79 Å². The smallest absolute Gasteiger partial charge is 0.251 e. The molecule has 1 rings (SSSR count). The largest absolute Gasteiger partial charge is 0.360 e. The number of nitrogens with one attached hydrogen (secondary N) is 2. The Kier molecular flexibility index (Phi) is 5.13. The Balaban J connectivity index is 2.91. The molecule has 0 atom stereocenters. The SMILES string of the molecule is CCNC(=O)c1ccc(NC=C(C#N)C#N)c(C)c1. The van der Waals surface area contributed by atoms with E-state index in [1.165, 1.54) is 6.20 Å². The van der Waals surface area contributed by atoms with Crippen molar-refractivity contribution in [2.24, 2.45) is 0 Å². The number of amides is 1. The number of hydrogen-bond acceptors (Lipinski definition) is 4. The summed E-state index contributed by atoms with van der Waals surface area (Å²) in [5.74, 6) is -0.123. The summed E-state index contributed by atoms with van der Waals surface area (Å²) in [6.45, 7) is 4.28. The number of allylic oxidation sites excluding steroid dienone is 1. The van der Waals surface area contributed by atoms with Gasteiger partial charge in [0.25, 0.3) is 5.91 Å². The fourth-order valence-electron chi connectivity index (χ4n) is 1.47. The van der Waals surface area contributed by atoms with Crippen LogP contribution in [0.15, 0.2) is 30.0 Å². The van der Waals surface area contributed by atoms with Crippen LogP contribution in [-0.4, -0.2) is 12.5 Å². The van der Waals surface area contributed by atoms with Crippen LogP contribution in [0.5, 0.6) is 0 Å². The third-order valence-electron chi connectivity index (χ3n) is 2.44. The zero-order valence-electron chi connectivity index (χ0n) is 10.8. The molecule has 5 heteroatoms. The number of benzene rings is 1. The molecule has 0 saturated heterocycles. The predicted molar refractivity (Wildman–Crippen MR) is 72.1 cm³/mol. The van der Waals surface area contributed by atoms with Gasteiger partial charge in [0, 0.05) is 24.0 Å². The Bertz CT molecular complexity index is 574. The number of nitriles is 2. The molecule has 96 valence electrons. The summed E-state index contributed by atoms with van der Waals surface area (Å²) in [5.41, 5.74) is 2.17. The maximum absolute atomic E-state index is 11.6. The quantitative estimate of drug-likeness (QED) is 0.805. The normalized spacial score (nSPS) is 8.84. The first kappa shape index (κ1) is 14.3. The minimum Gasteiger partial charge on any atom is -0.360 e. The summed E-state index contributed by atoms with van der Waals surface area (Å²) in [6.07, 6.45) is 1.34. The molecule has 0 heterocycles. The lowest BCUT2D eigenvalue weighted by Gasteiger charge is -2.08.